The number of benzene rings is 1. The molecular formula is C21H22BrNO3. The Morgan fingerprint density at radius 1 is 1.19 bits per heavy atom. The van der Waals surface area contributed by atoms with E-state index in [0.717, 1.165) is 28.6 Å². The van der Waals surface area contributed by atoms with Crippen LogP contribution in [0, 0.1) is 0 Å². The second-order valence-corrected chi connectivity index (χ2v) is 7.35. The lowest BCUT2D eigenvalue weighted by atomic mass is 9.90. The van der Waals surface area contributed by atoms with Crippen LogP contribution in [0.4, 0.5) is 0 Å². The monoisotopic (exact) mass is 415 g/mol. The van der Waals surface area contributed by atoms with Crippen LogP contribution in [-0.4, -0.2) is 22.9 Å². The molecule has 0 bridgehead atoms. The second-order valence-electron chi connectivity index (χ2n) is 6.43. The highest BCUT2D eigenvalue weighted by Crippen LogP contribution is 2.33. The molecule has 0 fully saturated rings. The molecule has 136 valence electrons. The highest BCUT2D eigenvalue weighted by Gasteiger charge is 2.27. The van der Waals surface area contributed by atoms with E-state index >= 15 is 0 Å². The SMILES string of the molecule is CCOC(=O)C(=O)CC(c1ccc(Br)cc1)c1cc2c(n1C)CC=CC2. The Morgan fingerprint density at radius 3 is 2.54 bits per heavy atom. The van der Waals surface area contributed by atoms with E-state index in [9.17, 15) is 9.59 Å². The van der Waals surface area contributed by atoms with Gasteiger partial charge in [0.15, 0.2) is 0 Å². The van der Waals surface area contributed by atoms with Gasteiger partial charge in [-0.05, 0) is 42.7 Å². The van der Waals surface area contributed by atoms with Gasteiger partial charge in [-0.15, -0.1) is 0 Å². The van der Waals surface area contributed by atoms with Crippen molar-refractivity contribution < 1.29 is 14.3 Å². The lowest BCUT2D eigenvalue weighted by molar-refractivity contribution is -0.153. The summed E-state index contributed by atoms with van der Waals surface area (Å²) in [7, 11) is 2.04. The van der Waals surface area contributed by atoms with Crippen LogP contribution in [0.2, 0.25) is 0 Å². The van der Waals surface area contributed by atoms with Crippen molar-refractivity contribution in [2.75, 3.05) is 6.61 Å². The number of hydrogen-bond donors (Lipinski definition) is 0. The first-order valence-corrected chi connectivity index (χ1v) is 9.58. The van der Waals surface area contributed by atoms with Gasteiger partial charge in [0.2, 0.25) is 5.78 Å². The van der Waals surface area contributed by atoms with Crippen LogP contribution < -0.4 is 0 Å². The Labute approximate surface area is 162 Å². The van der Waals surface area contributed by atoms with Gasteiger partial charge in [-0.3, -0.25) is 4.79 Å². The summed E-state index contributed by atoms with van der Waals surface area (Å²) in [6.07, 6.45) is 6.24. The summed E-state index contributed by atoms with van der Waals surface area (Å²) in [4.78, 5) is 24.3. The van der Waals surface area contributed by atoms with Crippen molar-refractivity contribution >= 4 is 27.7 Å². The largest absolute Gasteiger partial charge is 0.460 e. The molecule has 5 heteroatoms. The molecule has 1 aliphatic carbocycles. The fraction of sp³-hybridized carbons (Fsp3) is 0.333. The van der Waals surface area contributed by atoms with Crippen molar-refractivity contribution in [2.24, 2.45) is 7.05 Å². The first-order chi connectivity index (χ1) is 12.5. The highest BCUT2D eigenvalue weighted by molar-refractivity contribution is 9.10. The molecule has 2 aromatic rings. The van der Waals surface area contributed by atoms with E-state index < -0.39 is 11.8 Å². The number of rotatable bonds is 6. The fourth-order valence-electron chi connectivity index (χ4n) is 3.48. The van der Waals surface area contributed by atoms with Crippen LogP contribution in [0.1, 0.15) is 41.8 Å². The van der Waals surface area contributed by atoms with Gasteiger partial charge in [0, 0.05) is 41.7 Å². The maximum absolute atomic E-state index is 12.4. The second kappa shape index (κ2) is 8.04. The third-order valence-corrected chi connectivity index (χ3v) is 5.35. The third-order valence-electron chi connectivity index (χ3n) is 4.82. The van der Waals surface area contributed by atoms with E-state index in [1.807, 2.05) is 31.3 Å². The summed E-state index contributed by atoms with van der Waals surface area (Å²) in [5.74, 6) is -1.43. The quantitative estimate of drug-likeness (QED) is 0.405. The molecule has 1 aliphatic rings. The first kappa shape index (κ1) is 18.6. The number of esters is 1. The molecule has 1 heterocycles. The molecule has 0 spiro atoms. The van der Waals surface area contributed by atoms with Crippen LogP contribution in [-0.2, 0) is 34.2 Å². The molecule has 0 amide bonds. The maximum Gasteiger partial charge on any atom is 0.374 e. The minimum atomic E-state index is -0.754. The lowest BCUT2D eigenvalue weighted by Crippen LogP contribution is -2.21. The van der Waals surface area contributed by atoms with Crippen molar-refractivity contribution in [3.05, 3.63) is 69.5 Å². The summed E-state index contributed by atoms with van der Waals surface area (Å²) in [5, 5.41) is 0. The van der Waals surface area contributed by atoms with Gasteiger partial charge in [-0.25, -0.2) is 4.79 Å². The Morgan fingerprint density at radius 2 is 1.88 bits per heavy atom. The van der Waals surface area contributed by atoms with Crippen LogP contribution in [0.15, 0.2) is 47.0 Å². The minimum Gasteiger partial charge on any atom is -0.460 e. The number of ether oxygens (including phenoxy) is 1. The van der Waals surface area contributed by atoms with E-state index in [-0.39, 0.29) is 18.9 Å². The molecule has 26 heavy (non-hydrogen) atoms. The first-order valence-electron chi connectivity index (χ1n) is 8.79. The molecule has 3 rings (SSSR count). The van der Waals surface area contributed by atoms with Gasteiger partial charge in [0.05, 0.1) is 6.61 Å². The van der Waals surface area contributed by atoms with Crippen LogP contribution in [0.3, 0.4) is 0 Å². The standard InChI is InChI=1S/C21H22BrNO3/c1-3-26-21(25)20(24)13-17(14-8-10-16(22)11-9-14)19-12-15-6-4-5-7-18(15)23(19)2/h4-5,8-12,17H,3,6-7,13H2,1-2H3. The molecule has 0 saturated carbocycles. The summed E-state index contributed by atoms with van der Waals surface area (Å²) in [6, 6.07) is 10.1. The Kier molecular flexibility index (Phi) is 5.77. The Bertz CT molecular complexity index is 849. The van der Waals surface area contributed by atoms with Gasteiger partial charge in [-0.1, -0.05) is 40.2 Å². The average molecular weight is 416 g/mol. The molecule has 0 saturated heterocycles. The molecule has 1 aromatic heterocycles. The van der Waals surface area contributed by atoms with E-state index in [1.54, 1.807) is 6.92 Å². The number of carbonyl (C=O) groups excluding carboxylic acids is 2. The zero-order valence-electron chi connectivity index (χ0n) is 15.0. The van der Waals surface area contributed by atoms with Crippen molar-refractivity contribution in [3.63, 3.8) is 0 Å². The number of carbonyl (C=O) groups is 2. The van der Waals surface area contributed by atoms with Crippen LogP contribution >= 0.6 is 15.9 Å². The van der Waals surface area contributed by atoms with Gasteiger partial charge in [-0.2, -0.15) is 0 Å². The van der Waals surface area contributed by atoms with Gasteiger partial charge < -0.3 is 9.30 Å². The zero-order valence-corrected chi connectivity index (χ0v) is 16.6. The molecule has 1 atom stereocenters. The van der Waals surface area contributed by atoms with Crippen LogP contribution in [0.5, 0.6) is 0 Å². The molecule has 1 unspecified atom stereocenters. The molecular weight excluding hydrogens is 394 g/mol. The van der Waals surface area contributed by atoms with E-state index in [2.05, 4.69) is 38.7 Å². The lowest BCUT2D eigenvalue weighted by Gasteiger charge is -2.19. The number of ketones is 1. The Hall–Kier alpha value is -2.14. The number of Topliss-reactive ketones (excluding diaryl/α,β-unsaturated/α-hetero) is 1. The summed E-state index contributed by atoms with van der Waals surface area (Å²) >= 11 is 3.45. The van der Waals surface area contributed by atoms with Crippen molar-refractivity contribution in [1.29, 1.82) is 0 Å². The number of aromatic nitrogens is 1. The summed E-state index contributed by atoms with van der Waals surface area (Å²) in [6.45, 7) is 1.91. The van der Waals surface area contributed by atoms with Crippen molar-refractivity contribution in [2.45, 2.75) is 32.1 Å². The number of halogens is 1. The predicted octanol–water partition coefficient (Wildman–Crippen LogP) is 4.10. The van der Waals surface area contributed by atoms with Gasteiger partial charge in [0.25, 0.3) is 0 Å². The van der Waals surface area contributed by atoms with E-state index in [4.69, 9.17) is 4.74 Å². The number of hydrogen-bond acceptors (Lipinski definition) is 3. The van der Waals surface area contributed by atoms with Gasteiger partial charge >= 0.3 is 5.97 Å². The maximum atomic E-state index is 12.4. The number of fused-ring (bicyclic) bond motifs is 1. The van der Waals surface area contributed by atoms with Crippen molar-refractivity contribution in [3.8, 4) is 0 Å². The number of allylic oxidation sites excluding steroid dienone is 2. The summed E-state index contributed by atoms with van der Waals surface area (Å²) < 4.78 is 8.04. The smallest absolute Gasteiger partial charge is 0.374 e. The van der Waals surface area contributed by atoms with Crippen LogP contribution in [0.25, 0.3) is 0 Å². The van der Waals surface area contributed by atoms with E-state index in [0.29, 0.717) is 0 Å². The third kappa shape index (κ3) is 3.83. The molecule has 0 aliphatic heterocycles. The fourth-order valence-corrected chi connectivity index (χ4v) is 3.75. The average Bonchev–Trinajstić information content (AvgIpc) is 2.97. The predicted molar refractivity (Wildman–Crippen MR) is 104 cm³/mol. The normalized spacial score (nSPS) is 14.0. The molecule has 0 N–H and O–H groups in total. The topological polar surface area (TPSA) is 48.3 Å². The molecule has 4 nitrogen and oxygen atoms in total. The summed E-state index contributed by atoms with van der Waals surface area (Å²) in [5.41, 5.74) is 4.62. The van der Waals surface area contributed by atoms with Crippen molar-refractivity contribution in [1.82, 2.24) is 4.57 Å². The minimum absolute atomic E-state index is 0.102. The zero-order chi connectivity index (χ0) is 18.7. The van der Waals surface area contributed by atoms with Gasteiger partial charge in [0.1, 0.15) is 0 Å². The number of nitrogens with zero attached hydrogens (tertiary/aromatic N) is 1. The molecule has 0 radical (unpaired) electrons. The Balaban J connectivity index is 1.98. The van der Waals surface area contributed by atoms with E-state index in [1.165, 1.54) is 11.3 Å². The molecule has 1 aromatic carbocycles. The highest BCUT2D eigenvalue weighted by atomic mass is 79.9.